The number of benzene rings is 4. The molecule has 2 saturated heterocycles. The van der Waals surface area contributed by atoms with Gasteiger partial charge in [-0.2, -0.15) is 0 Å². The molecule has 6 heterocycles. The molecule has 2 aliphatic rings. The molecule has 69 heavy (non-hydrogen) atoms. The highest BCUT2D eigenvalue weighted by atomic mass is 19.1. The first kappa shape index (κ1) is 46.5. The van der Waals surface area contributed by atoms with E-state index in [9.17, 15) is 13.6 Å². The summed E-state index contributed by atoms with van der Waals surface area (Å²) in [6.07, 6.45) is 6.87. The Kier molecular flexibility index (Phi) is 14.5. The highest BCUT2D eigenvalue weighted by Gasteiger charge is 2.29. The maximum absolute atomic E-state index is 13.6. The first-order valence-corrected chi connectivity index (χ1v) is 23.4. The lowest BCUT2D eigenvalue weighted by molar-refractivity contribution is -0.129. The van der Waals surface area contributed by atoms with Crippen molar-refractivity contribution in [3.8, 4) is 45.4 Å². The lowest BCUT2D eigenvalue weighted by Crippen LogP contribution is -2.36. The van der Waals surface area contributed by atoms with Crippen molar-refractivity contribution < 1.29 is 22.4 Å². The summed E-state index contributed by atoms with van der Waals surface area (Å²) in [5.41, 5.74) is 6.31. The Morgan fingerprint density at radius 1 is 0.594 bits per heavy atom. The van der Waals surface area contributed by atoms with Gasteiger partial charge in [-0.15, -0.1) is 0 Å². The number of carbonyl (C=O) groups excluding carboxylic acids is 1. The Morgan fingerprint density at radius 3 is 1.43 bits per heavy atom. The minimum absolute atomic E-state index is 0.00904. The van der Waals surface area contributed by atoms with Gasteiger partial charge in [-0.05, 0) is 124 Å². The lowest BCUT2D eigenvalue weighted by atomic mass is 9.97. The van der Waals surface area contributed by atoms with Gasteiger partial charge in [0.15, 0.2) is 23.3 Å². The van der Waals surface area contributed by atoms with Gasteiger partial charge >= 0.3 is 0 Å². The summed E-state index contributed by atoms with van der Waals surface area (Å²) in [5.74, 6) is 3.21. The Hall–Kier alpha value is -7.65. The maximum atomic E-state index is 13.6. The van der Waals surface area contributed by atoms with Crippen LogP contribution < -0.4 is 16.0 Å². The van der Waals surface area contributed by atoms with Crippen LogP contribution in [0.15, 0.2) is 143 Å². The average Bonchev–Trinajstić information content (AvgIpc) is 4.05. The molecule has 13 nitrogen and oxygen atoms in total. The maximum Gasteiger partial charge on any atom is 0.223 e. The van der Waals surface area contributed by atoms with E-state index in [1.807, 2.05) is 59.5 Å². The van der Waals surface area contributed by atoms with E-state index in [1.54, 1.807) is 49.6 Å². The molecule has 0 bridgehead atoms. The minimum atomic E-state index is -0.316. The van der Waals surface area contributed by atoms with E-state index in [-0.39, 0.29) is 41.5 Å². The van der Waals surface area contributed by atoms with E-state index >= 15 is 0 Å². The Balaban J connectivity index is 0.000000172. The molecule has 4 aromatic carbocycles. The van der Waals surface area contributed by atoms with Crippen molar-refractivity contribution in [1.82, 2.24) is 40.1 Å². The van der Waals surface area contributed by atoms with E-state index < -0.39 is 0 Å². The first-order valence-electron chi connectivity index (χ1n) is 23.4. The topological polar surface area (TPSA) is 160 Å². The summed E-state index contributed by atoms with van der Waals surface area (Å²) in [4.78, 5) is 41.5. The molecule has 0 unspecified atom stereocenters. The number of rotatable bonds is 12. The minimum Gasteiger partial charge on any atom is -0.438 e. The number of carbonyl (C=O) groups is 1. The molecule has 0 radical (unpaired) electrons. The van der Waals surface area contributed by atoms with Crippen LogP contribution in [0.3, 0.4) is 0 Å². The molecule has 15 heteroatoms. The van der Waals surface area contributed by atoms with Gasteiger partial charge in [-0.1, -0.05) is 60.7 Å². The zero-order valence-electron chi connectivity index (χ0n) is 38.8. The second-order valence-electron chi connectivity index (χ2n) is 17.4. The third kappa shape index (κ3) is 11.4. The molecule has 1 amide bonds. The van der Waals surface area contributed by atoms with Crippen LogP contribution in [0.4, 0.5) is 20.7 Å². The molecule has 2 aliphatic heterocycles. The van der Waals surface area contributed by atoms with Crippen LogP contribution in [-0.4, -0.2) is 66.9 Å². The summed E-state index contributed by atoms with van der Waals surface area (Å²) in [5, 5.41) is 10.1. The Morgan fingerprint density at radius 2 is 1.01 bits per heavy atom. The Labute approximate surface area is 399 Å². The lowest BCUT2D eigenvalue weighted by Gasteiger charge is -2.29. The molecule has 8 aromatic rings. The van der Waals surface area contributed by atoms with Crippen molar-refractivity contribution in [3.63, 3.8) is 0 Å². The summed E-state index contributed by atoms with van der Waals surface area (Å²) >= 11 is 0. The fraction of sp³-hybridized carbons (Fsp3) is 0.278. The number of hydrogen-bond donors (Lipinski definition) is 3. The molecule has 0 saturated carbocycles. The van der Waals surface area contributed by atoms with Gasteiger partial charge in [0.25, 0.3) is 0 Å². The molecule has 10 rings (SSSR count). The number of nitrogens with zero attached hydrogens (tertiary/aromatic N) is 7. The quantitative estimate of drug-likeness (QED) is 0.107. The fourth-order valence-electron chi connectivity index (χ4n) is 8.63. The zero-order chi connectivity index (χ0) is 47.7. The molecule has 4 aromatic heterocycles. The predicted molar refractivity (Wildman–Crippen MR) is 262 cm³/mol. The van der Waals surface area contributed by atoms with Crippen LogP contribution in [0, 0.1) is 11.6 Å². The largest absolute Gasteiger partial charge is 0.438 e. The van der Waals surface area contributed by atoms with Crippen molar-refractivity contribution in [2.24, 2.45) is 0 Å². The van der Waals surface area contributed by atoms with Gasteiger partial charge in [0.2, 0.25) is 17.8 Å². The molecular weight excluding hydrogens is 875 g/mol. The standard InChI is InChI=1S/C28H28FN5O2.C26H26FN5O/c1-18(20-6-4-3-5-7-20)31-28-30-15-12-24(32-28)26-25(21-8-10-23(29)11-9-21)33-27(36-26)22-13-16-34(17-14-22)19(2)35;1-17(18-5-3-2-4-6-18)30-26-29-16-13-22(31-26)24-23(19-7-9-21(27)10-8-19)32-25(33-24)20-11-14-28-15-12-20/h3-12,15,18,22H,13-14,16-17H2,1-2H3,(H,30,31,32);2-10,13,16-17,20,28H,11-12,14-15H2,1H3,(H,29,30,31)/t18-;17-/m00/s1. The number of nitrogens with one attached hydrogen (secondary N) is 3. The van der Waals surface area contributed by atoms with Gasteiger partial charge in [-0.3, -0.25) is 4.79 Å². The summed E-state index contributed by atoms with van der Waals surface area (Å²) in [6, 6.07) is 36.4. The first-order chi connectivity index (χ1) is 33.6. The van der Waals surface area contributed by atoms with Gasteiger partial charge in [-0.25, -0.2) is 38.7 Å². The van der Waals surface area contributed by atoms with E-state index in [2.05, 4.69) is 51.9 Å². The number of aromatic nitrogens is 6. The SMILES string of the molecule is CC(=O)N1CCC(c2nc(-c3ccc(F)cc3)c(-c3ccnc(N[C@@H](C)c4ccccc4)n3)o2)CC1.C[C@H](Nc1nccc(-c2oc(C3CCNCC3)nc2-c2ccc(F)cc2)n1)c1ccccc1. The fourth-order valence-corrected chi connectivity index (χ4v) is 8.63. The number of halogens is 2. The van der Waals surface area contributed by atoms with Gasteiger partial charge in [0.1, 0.15) is 34.4 Å². The van der Waals surface area contributed by atoms with Crippen LogP contribution >= 0.6 is 0 Å². The third-order valence-corrected chi connectivity index (χ3v) is 12.6. The van der Waals surface area contributed by atoms with E-state index in [1.165, 1.54) is 24.3 Å². The number of piperidine rings is 2. The molecule has 2 atom stereocenters. The normalized spacial score (nSPS) is 15.2. The monoisotopic (exact) mass is 928 g/mol. The number of likely N-dealkylation sites (tertiary alicyclic amines) is 1. The molecule has 0 aliphatic carbocycles. The van der Waals surface area contributed by atoms with Crippen LogP contribution in [-0.2, 0) is 4.79 Å². The van der Waals surface area contributed by atoms with Crippen molar-refractivity contribution in [3.05, 3.63) is 168 Å². The molecule has 2 fully saturated rings. The number of hydrogen-bond acceptors (Lipinski definition) is 12. The van der Waals surface area contributed by atoms with Crippen molar-refractivity contribution in [2.45, 2.75) is 70.4 Å². The number of anilines is 2. The van der Waals surface area contributed by atoms with Crippen LogP contribution in [0.5, 0.6) is 0 Å². The number of oxazole rings is 2. The van der Waals surface area contributed by atoms with Crippen LogP contribution in [0.2, 0.25) is 0 Å². The van der Waals surface area contributed by atoms with Crippen LogP contribution in [0.1, 0.15) is 93.3 Å². The number of amides is 1. The van der Waals surface area contributed by atoms with Crippen molar-refractivity contribution >= 4 is 17.8 Å². The van der Waals surface area contributed by atoms with E-state index in [0.29, 0.717) is 71.1 Å². The highest BCUT2D eigenvalue weighted by molar-refractivity contribution is 5.77. The third-order valence-electron chi connectivity index (χ3n) is 12.6. The van der Waals surface area contributed by atoms with E-state index in [0.717, 1.165) is 61.0 Å². The molecule has 3 N–H and O–H groups in total. The smallest absolute Gasteiger partial charge is 0.223 e. The van der Waals surface area contributed by atoms with Gasteiger partial charge in [0.05, 0.1) is 12.1 Å². The average molecular weight is 929 g/mol. The summed E-state index contributed by atoms with van der Waals surface area (Å²) in [6.45, 7) is 8.93. The second-order valence-corrected chi connectivity index (χ2v) is 17.4. The van der Waals surface area contributed by atoms with Crippen molar-refractivity contribution in [1.29, 1.82) is 0 Å². The second kappa shape index (κ2) is 21.5. The molecular formula is C54H54F2N10O3. The molecule has 352 valence electrons. The highest BCUT2D eigenvalue weighted by Crippen LogP contribution is 2.39. The molecule has 0 spiro atoms. The van der Waals surface area contributed by atoms with E-state index in [4.69, 9.17) is 28.8 Å². The van der Waals surface area contributed by atoms with Gasteiger partial charge < -0.3 is 29.7 Å². The Bertz CT molecular complexity index is 2940. The van der Waals surface area contributed by atoms with Gasteiger partial charge in [0, 0.05) is 55.4 Å². The van der Waals surface area contributed by atoms with Crippen molar-refractivity contribution in [2.75, 3.05) is 36.8 Å². The predicted octanol–water partition coefficient (Wildman–Crippen LogP) is 11.4. The summed E-state index contributed by atoms with van der Waals surface area (Å²) in [7, 11) is 0. The summed E-state index contributed by atoms with van der Waals surface area (Å²) < 4.78 is 39.8. The van der Waals surface area contributed by atoms with Crippen LogP contribution in [0.25, 0.3) is 45.4 Å². The zero-order valence-corrected chi connectivity index (χ0v) is 38.8.